The molecule has 3 aliphatic rings. The molecule has 0 aromatic carbocycles. The Bertz CT molecular complexity index is 988. The van der Waals surface area contributed by atoms with Gasteiger partial charge in [-0.05, 0) is 36.0 Å². The number of rotatable bonds is 4. The summed E-state index contributed by atoms with van der Waals surface area (Å²) in [6.45, 7) is 2.10. The Morgan fingerprint density at radius 2 is 1.97 bits per heavy atom. The zero-order valence-electron chi connectivity index (χ0n) is 16.3. The molecule has 160 valence electrons. The quantitative estimate of drug-likeness (QED) is 0.814. The average molecular weight is 421 g/mol. The van der Waals surface area contributed by atoms with Crippen LogP contribution < -0.4 is 10.1 Å². The van der Waals surface area contributed by atoms with Crippen LogP contribution in [0.5, 0.6) is 5.88 Å². The van der Waals surface area contributed by atoms with Crippen LogP contribution in [0.4, 0.5) is 18.9 Å². The predicted octanol–water partition coefficient (Wildman–Crippen LogP) is 3.75. The van der Waals surface area contributed by atoms with Crippen LogP contribution in [0.15, 0.2) is 36.5 Å². The number of hydrogen-bond donors (Lipinski definition) is 1. The molecule has 7 atom stereocenters. The van der Waals surface area contributed by atoms with Gasteiger partial charge in [0, 0.05) is 19.1 Å². The highest BCUT2D eigenvalue weighted by Gasteiger charge is 2.72. The number of pyridine rings is 2. The molecule has 2 aromatic heterocycles. The number of amides is 1. The van der Waals surface area contributed by atoms with Crippen LogP contribution in [0.25, 0.3) is 0 Å². The highest BCUT2D eigenvalue weighted by Crippen LogP contribution is 2.68. The number of halogens is 3. The van der Waals surface area contributed by atoms with Crippen molar-refractivity contribution in [3.8, 4) is 5.88 Å². The molecule has 30 heavy (non-hydrogen) atoms. The first-order chi connectivity index (χ1) is 14.3. The van der Waals surface area contributed by atoms with Gasteiger partial charge in [0.15, 0.2) is 0 Å². The maximum atomic E-state index is 13.2. The first-order valence-corrected chi connectivity index (χ1v) is 9.80. The molecular weight excluding hydrogens is 399 g/mol. The van der Waals surface area contributed by atoms with Crippen molar-refractivity contribution in [2.24, 2.45) is 23.7 Å². The zero-order valence-corrected chi connectivity index (χ0v) is 16.3. The summed E-state index contributed by atoms with van der Waals surface area (Å²) in [6.07, 6.45) is -3.68. The van der Waals surface area contributed by atoms with E-state index in [2.05, 4.69) is 22.2 Å². The lowest BCUT2D eigenvalue weighted by atomic mass is 9.76. The van der Waals surface area contributed by atoms with Gasteiger partial charge in [-0.1, -0.05) is 13.0 Å². The Kier molecular flexibility index (Phi) is 4.29. The SMILES string of the molecule is COc1ccc(NC(=O)[C@H]2[C@@H](c3cccc(C(F)(F)F)n3)[C@H]3O[C@@H]2C2C(C)C23)cn1.[HH]. The molecule has 1 saturated carbocycles. The van der Waals surface area contributed by atoms with Gasteiger partial charge in [-0.15, -0.1) is 0 Å². The summed E-state index contributed by atoms with van der Waals surface area (Å²) in [7, 11) is 1.49. The number of fused-ring (bicyclic) bond motifs is 5. The average Bonchev–Trinajstić information content (AvgIpc) is 3.09. The third kappa shape index (κ3) is 2.94. The molecule has 3 unspecified atom stereocenters. The summed E-state index contributed by atoms with van der Waals surface area (Å²) < 4.78 is 50.7. The van der Waals surface area contributed by atoms with E-state index in [-0.39, 0.29) is 37.1 Å². The first-order valence-electron chi connectivity index (χ1n) is 9.80. The van der Waals surface area contributed by atoms with Crippen LogP contribution >= 0.6 is 0 Å². The van der Waals surface area contributed by atoms with Crippen LogP contribution in [0.3, 0.4) is 0 Å². The smallest absolute Gasteiger partial charge is 0.433 e. The standard InChI is InChI=1S/C21H20F3N3O3.H2/c1-9-14-15(9)19-17(20(28)26-10-6-7-13(29-2)25-8-10)16(18(14)30-19)11-4-3-5-12(27-11)21(22,23)24;/h3-9,14-19H,1-2H3,(H,26,28);1H/t9?,14?,15?,16-,17+,18+,19-;/m1./s1. The van der Waals surface area contributed by atoms with Crippen LogP contribution in [0, 0.1) is 23.7 Å². The minimum absolute atomic E-state index is 0. The number of carbonyl (C=O) groups is 1. The number of aromatic nitrogens is 2. The topological polar surface area (TPSA) is 73.3 Å². The molecule has 1 aliphatic carbocycles. The van der Waals surface area contributed by atoms with E-state index in [0.717, 1.165) is 6.07 Å². The molecule has 0 spiro atoms. The normalized spacial score (nSPS) is 33.8. The predicted molar refractivity (Wildman–Crippen MR) is 102 cm³/mol. The number of methoxy groups -OCH3 is 1. The minimum atomic E-state index is -4.55. The minimum Gasteiger partial charge on any atom is -0.481 e. The van der Waals surface area contributed by atoms with E-state index in [1.807, 2.05) is 0 Å². The molecular formula is C21H22F3N3O3. The van der Waals surface area contributed by atoms with Crippen LogP contribution in [0.2, 0.25) is 0 Å². The van der Waals surface area contributed by atoms with Gasteiger partial charge >= 0.3 is 6.18 Å². The lowest BCUT2D eigenvalue weighted by Crippen LogP contribution is -2.37. The molecule has 0 radical (unpaired) electrons. The molecule has 1 N–H and O–H groups in total. The monoisotopic (exact) mass is 421 g/mol. The number of nitrogens with one attached hydrogen (secondary N) is 1. The first kappa shape index (κ1) is 19.3. The summed E-state index contributed by atoms with van der Waals surface area (Å²) in [4.78, 5) is 21.1. The number of ether oxygens (including phenoxy) is 2. The van der Waals surface area contributed by atoms with Crippen molar-refractivity contribution < 1.29 is 28.9 Å². The van der Waals surface area contributed by atoms with Crippen LogP contribution in [-0.4, -0.2) is 35.2 Å². The fraction of sp³-hybridized carbons (Fsp3) is 0.476. The second-order valence-corrected chi connectivity index (χ2v) is 8.15. The molecule has 4 heterocycles. The summed E-state index contributed by atoms with van der Waals surface area (Å²) in [5, 5.41) is 2.83. The second-order valence-electron chi connectivity index (χ2n) is 8.15. The molecule has 3 fully saturated rings. The third-order valence-corrected chi connectivity index (χ3v) is 6.60. The van der Waals surface area contributed by atoms with Gasteiger partial charge in [-0.25, -0.2) is 9.97 Å². The van der Waals surface area contributed by atoms with Gasteiger partial charge in [0.05, 0.1) is 37.1 Å². The van der Waals surface area contributed by atoms with Gasteiger partial charge in [0.25, 0.3) is 0 Å². The summed E-state index contributed by atoms with van der Waals surface area (Å²) in [6, 6.07) is 7.13. The van der Waals surface area contributed by atoms with Gasteiger partial charge in [0.1, 0.15) is 5.69 Å². The summed E-state index contributed by atoms with van der Waals surface area (Å²) in [5.41, 5.74) is -0.218. The van der Waals surface area contributed by atoms with Crippen molar-refractivity contribution >= 4 is 11.6 Å². The van der Waals surface area contributed by atoms with Crippen LogP contribution in [-0.2, 0) is 15.7 Å². The zero-order chi connectivity index (χ0) is 21.2. The lowest BCUT2D eigenvalue weighted by Gasteiger charge is -2.26. The maximum Gasteiger partial charge on any atom is 0.433 e. The Labute approximate surface area is 172 Å². The van der Waals surface area contributed by atoms with E-state index in [9.17, 15) is 18.0 Å². The Hall–Kier alpha value is -2.68. The van der Waals surface area contributed by atoms with Crippen LogP contribution in [0.1, 0.15) is 25.7 Å². The van der Waals surface area contributed by atoms with E-state index < -0.39 is 23.7 Å². The molecule has 2 aromatic rings. The van der Waals surface area contributed by atoms with Crippen molar-refractivity contribution in [3.63, 3.8) is 0 Å². The van der Waals surface area contributed by atoms with Crippen molar-refractivity contribution in [2.75, 3.05) is 12.4 Å². The molecule has 1 amide bonds. The van der Waals surface area contributed by atoms with Gasteiger partial charge in [-0.3, -0.25) is 4.79 Å². The van der Waals surface area contributed by atoms with E-state index in [4.69, 9.17) is 9.47 Å². The number of nitrogens with zero attached hydrogens (tertiary/aromatic N) is 2. The fourth-order valence-corrected chi connectivity index (χ4v) is 5.24. The Morgan fingerprint density at radius 3 is 2.63 bits per heavy atom. The van der Waals surface area contributed by atoms with E-state index in [1.54, 1.807) is 18.2 Å². The highest BCUT2D eigenvalue weighted by molar-refractivity contribution is 5.94. The Morgan fingerprint density at radius 1 is 1.20 bits per heavy atom. The summed E-state index contributed by atoms with van der Waals surface area (Å²) >= 11 is 0. The molecule has 5 rings (SSSR count). The number of anilines is 1. The molecule has 2 bridgehead atoms. The second kappa shape index (κ2) is 6.66. The fourth-order valence-electron chi connectivity index (χ4n) is 5.24. The van der Waals surface area contributed by atoms with Gasteiger partial charge < -0.3 is 14.8 Å². The molecule has 2 saturated heterocycles. The molecule has 9 heteroatoms. The largest absolute Gasteiger partial charge is 0.481 e. The van der Waals surface area contributed by atoms with Crippen molar-refractivity contribution in [3.05, 3.63) is 47.9 Å². The lowest BCUT2D eigenvalue weighted by molar-refractivity contribution is -0.141. The Balaban J connectivity index is 0.00000231. The summed E-state index contributed by atoms with van der Waals surface area (Å²) in [5.74, 6) is -0.0884. The maximum absolute atomic E-state index is 13.2. The third-order valence-electron chi connectivity index (χ3n) is 6.60. The van der Waals surface area contributed by atoms with E-state index in [1.165, 1.54) is 19.4 Å². The highest BCUT2D eigenvalue weighted by atomic mass is 19.4. The van der Waals surface area contributed by atoms with Gasteiger partial charge in [-0.2, -0.15) is 13.2 Å². The molecule has 6 nitrogen and oxygen atoms in total. The van der Waals surface area contributed by atoms with Crippen molar-refractivity contribution in [1.82, 2.24) is 9.97 Å². The van der Waals surface area contributed by atoms with Crippen molar-refractivity contribution in [1.29, 1.82) is 0 Å². The number of carbonyl (C=O) groups excluding carboxylic acids is 1. The van der Waals surface area contributed by atoms with E-state index >= 15 is 0 Å². The van der Waals surface area contributed by atoms with Crippen molar-refractivity contribution in [2.45, 2.75) is 31.2 Å². The van der Waals surface area contributed by atoms with Gasteiger partial charge in [0.2, 0.25) is 11.8 Å². The number of alkyl halides is 3. The molecule has 2 aliphatic heterocycles. The van der Waals surface area contributed by atoms with E-state index in [0.29, 0.717) is 17.5 Å². The number of hydrogen-bond acceptors (Lipinski definition) is 5.